The molecule has 6 heteroatoms. The summed E-state index contributed by atoms with van der Waals surface area (Å²) in [4.78, 5) is 0. The van der Waals surface area contributed by atoms with Crippen LogP contribution in [0.4, 0.5) is 5.69 Å². The lowest BCUT2D eigenvalue weighted by molar-refractivity contribution is 0.627. The molecular formula is C15H18N6. The minimum Gasteiger partial charge on any atom is -0.379 e. The van der Waals surface area contributed by atoms with Crippen molar-refractivity contribution in [2.45, 2.75) is 20.0 Å². The lowest BCUT2D eigenvalue weighted by atomic mass is 10.2. The zero-order chi connectivity index (χ0) is 14.7. The van der Waals surface area contributed by atoms with Gasteiger partial charge in [-0.3, -0.25) is 4.68 Å². The molecule has 0 bridgehead atoms. The fourth-order valence-corrected chi connectivity index (χ4v) is 2.30. The second-order valence-corrected chi connectivity index (χ2v) is 4.84. The van der Waals surface area contributed by atoms with Gasteiger partial charge in [0.2, 0.25) is 0 Å². The van der Waals surface area contributed by atoms with Crippen molar-refractivity contribution < 1.29 is 0 Å². The molecule has 2 aromatic heterocycles. The normalized spacial score (nSPS) is 10.8. The molecule has 0 amide bonds. The van der Waals surface area contributed by atoms with E-state index in [9.17, 15) is 0 Å². The first-order valence-electron chi connectivity index (χ1n) is 6.97. The van der Waals surface area contributed by atoms with E-state index in [4.69, 9.17) is 0 Å². The lowest BCUT2D eigenvalue weighted by Crippen LogP contribution is -2.07. The zero-order valence-corrected chi connectivity index (χ0v) is 12.2. The standard InChI is InChI=1S/C15H18N6/c1-3-21-14(7-8-18-21)10-16-13-6-4-5-12(9-13)15-19-17-11-20(15)2/h4-9,11,16H,3,10H2,1-2H3. The van der Waals surface area contributed by atoms with Gasteiger partial charge in [0, 0.05) is 31.0 Å². The number of aromatic nitrogens is 5. The number of aryl methyl sites for hydroxylation is 2. The number of benzene rings is 1. The molecule has 1 N–H and O–H groups in total. The highest BCUT2D eigenvalue weighted by atomic mass is 15.3. The van der Waals surface area contributed by atoms with Gasteiger partial charge in [-0.2, -0.15) is 5.10 Å². The summed E-state index contributed by atoms with van der Waals surface area (Å²) in [7, 11) is 1.94. The molecule has 0 saturated carbocycles. The van der Waals surface area contributed by atoms with Gasteiger partial charge in [0.05, 0.1) is 12.2 Å². The van der Waals surface area contributed by atoms with Crippen LogP contribution in [-0.2, 0) is 20.1 Å². The van der Waals surface area contributed by atoms with Crippen LogP contribution in [0.2, 0.25) is 0 Å². The van der Waals surface area contributed by atoms with Gasteiger partial charge in [0.25, 0.3) is 0 Å². The summed E-state index contributed by atoms with van der Waals surface area (Å²) in [5.74, 6) is 0.859. The molecule has 21 heavy (non-hydrogen) atoms. The molecule has 0 aliphatic heterocycles. The number of rotatable bonds is 5. The largest absolute Gasteiger partial charge is 0.379 e. The van der Waals surface area contributed by atoms with Crippen molar-refractivity contribution in [2.75, 3.05) is 5.32 Å². The molecule has 108 valence electrons. The highest BCUT2D eigenvalue weighted by Crippen LogP contribution is 2.20. The number of hydrogen-bond acceptors (Lipinski definition) is 4. The van der Waals surface area contributed by atoms with Gasteiger partial charge in [-0.05, 0) is 25.1 Å². The third-order valence-corrected chi connectivity index (χ3v) is 3.41. The summed E-state index contributed by atoms with van der Waals surface area (Å²) in [6, 6.07) is 10.2. The summed E-state index contributed by atoms with van der Waals surface area (Å²) >= 11 is 0. The Kier molecular flexibility index (Phi) is 3.68. The van der Waals surface area contributed by atoms with E-state index in [1.165, 1.54) is 5.69 Å². The van der Waals surface area contributed by atoms with Crippen molar-refractivity contribution in [3.63, 3.8) is 0 Å². The van der Waals surface area contributed by atoms with Crippen molar-refractivity contribution in [3.8, 4) is 11.4 Å². The SMILES string of the molecule is CCn1nccc1CNc1cccc(-c2nncn2C)c1. The first kappa shape index (κ1) is 13.4. The first-order valence-corrected chi connectivity index (χ1v) is 6.97. The third kappa shape index (κ3) is 2.79. The van der Waals surface area contributed by atoms with Crippen LogP contribution >= 0.6 is 0 Å². The Morgan fingerprint density at radius 1 is 1.24 bits per heavy atom. The lowest BCUT2D eigenvalue weighted by Gasteiger charge is -2.09. The molecule has 0 atom stereocenters. The second kappa shape index (κ2) is 5.78. The van der Waals surface area contributed by atoms with Crippen molar-refractivity contribution in [1.82, 2.24) is 24.5 Å². The Morgan fingerprint density at radius 2 is 2.14 bits per heavy atom. The van der Waals surface area contributed by atoms with Crippen LogP contribution < -0.4 is 5.32 Å². The molecule has 0 spiro atoms. The average molecular weight is 282 g/mol. The van der Waals surface area contributed by atoms with Crippen LogP contribution in [0.3, 0.4) is 0 Å². The summed E-state index contributed by atoms with van der Waals surface area (Å²) < 4.78 is 3.89. The van der Waals surface area contributed by atoms with Crippen molar-refractivity contribution in [2.24, 2.45) is 7.05 Å². The predicted molar refractivity (Wildman–Crippen MR) is 81.7 cm³/mol. The Morgan fingerprint density at radius 3 is 2.90 bits per heavy atom. The monoisotopic (exact) mass is 282 g/mol. The van der Waals surface area contributed by atoms with E-state index in [0.29, 0.717) is 0 Å². The highest BCUT2D eigenvalue weighted by molar-refractivity contribution is 5.62. The number of nitrogens with one attached hydrogen (secondary N) is 1. The Bertz CT molecular complexity index is 727. The van der Waals surface area contributed by atoms with Crippen molar-refractivity contribution in [3.05, 3.63) is 48.5 Å². The summed E-state index contributed by atoms with van der Waals surface area (Å²) in [5.41, 5.74) is 3.27. The molecule has 0 aliphatic carbocycles. The van der Waals surface area contributed by atoms with Crippen LogP contribution in [0.25, 0.3) is 11.4 Å². The highest BCUT2D eigenvalue weighted by Gasteiger charge is 2.06. The van der Waals surface area contributed by atoms with Crippen molar-refractivity contribution >= 4 is 5.69 Å². The van der Waals surface area contributed by atoms with Gasteiger partial charge in [-0.15, -0.1) is 10.2 Å². The quantitative estimate of drug-likeness (QED) is 0.780. The van der Waals surface area contributed by atoms with E-state index < -0.39 is 0 Å². The van der Waals surface area contributed by atoms with E-state index >= 15 is 0 Å². The molecule has 2 heterocycles. The third-order valence-electron chi connectivity index (χ3n) is 3.41. The minimum atomic E-state index is 0.746. The van der Waals surface area contributed by atoms with E-state index in [-0.39, 0.29) is 0 Å². The Hall–Kier alpha value is -2.63. The van der Waals surface area contributed by atoms with Gasteiger partial charge >= 0.3 is 0 Å². The summed E-state index contributed by atoms with van der Waals surface area (Å²) in [6.45, 7) is 3.71. The van der Waals surface area contributed by atoms with Crippen molar-refractivity contribution in [1.29, 1.82) is 0 Å². The Balaban J connectivity index is 1.76. The maximum atomic E-state index is 4.27. The van der Waals surface area contributed by atoms with Crippen LogP contribution in [0, 0.1) is 0 Å². The molecule has 0 aliphatic rings. The molecule has 3 rings (SSSR count). The van der Waals surface area contributed by atoms with Gasteiger partial charge in [-0.25, -0.2) is 0 Å². The zero-order valence-electron chi connectivity index (χ0n) is 12.2. The first-order chi connectivity index (χ1) is 10.3. The molecule has 1 aromatic carbocycles. The predicted octanol–water partition coefficient (Wildman–Crippen LogP) is 2.31. The molecule has 6 nitrogen and oxygen atoms in total. The Labute approximate surface area is 123 Å². The smallest absolute Gasteiger partial charge is 0.163 e. The minimum absolute atomic E-state index is 0.746. The molecule has 0 saturated heterocycles. The molecular weight excluding hydrogens is 264 g/mol. The molecule has 0 radical (unpaired) electrons. The molecule has 0 fully saturated rings. The fraction of sp³-hybridized carbons (Fsp3) is 0.267. The average Bonchev–Trinajstić information content (AvgIpc) is 3.13. The summed E-state index contributed by atoms with van der Waals surface area (Å²) in [5, 5.41) is 15.8. The maximum Gasteiger partial charge on any atom is 0.163 e. The topological polar surface area (TPSA) is 60.6 Å². The van der Waals surface area contributed by atoms with Crippen LogP contribution in [0.5, 0.6) is 0 Å². The fourth-order valence-electron chi connectivity index (χ4n) is 2.30. The molecule has 3 aromatic rings. The van der Waals surface area contributed by atoms with Gasteiger partial charge in [-0.1, -0.05) is 12.1 Å². The number of anilines is 1. The van der Waals surface area contributed by atoms with E-state index in [0.717, 1.165) is 30.2 Å². The van der Waals surface area contributed by atoms with E-state index in [1.54, 1.807) is 6.33 Å². The summed E-state index contributed by atoms with van der Waals surface area (Å²) in [6.07, 6.45) is 3.53. The van der Waals surface area contributed by atoms with Gasteiger partial charge in [0.15, 0.2) is 5.82 Å². The number of nitrogens with zero attached hydrogens (tertiary/aromatic N) is 5. The molecule has 0 unspecified atom stereocenters. The van der Waals surface area contributed by atoms with E-state index in [2.05, 4.69) is 33.6 Å². The van der Waals surface area contributed by atoms with Gasteiger partial charge in [0.1, 0.15) is 6.33 Å². The maximum absolute atomic E-state index is 4.27. The van der Waals surface area contributed by atoms with Crippen LogP contribution in [-0.4, -0.2) is 24.5 Å². The second-order valence-electron chi connectivity index (χ2n) is 4.84. The van der Waals surface area contributed by atoms with Gasteiger partial charge < -0.3 is 9.88 Å². The van der Waals surface area contributed by atoms with Crippen LogP contribution in [0.1, 0.15) is 12.6 Å². The number of hydrogen-bond donors (Lipinski definition) is 1. The van der Waals surface area contributed by atoms with E-state index in [1.807, 2.05) is 46.8 Å². The van der Waals surface area contributed by atoms with Crippen LogP contribution in [0.15, 0.2) is 42.9 Å².